The van der Waals surface area contributed by atoms with Gasteiger partial charge in [0.2, 0.25) is 0 Å². The van der Waals surface area contributed by atoms with E-state index in [-0.39, 0.29) is 35.9 Å². The summed E-state index contributed by atoms with van der Waals surface area (Å²) in [5.41, 5.74) is -0.358. The Balaban J connectivity index is 1.81. The Bertz CT molecular complexity index is 1060. The summed E-state index contributed by atoms with van der Waals surface area (Å²) >= 11 is 5.87. The summed E-state index contributed by atoms with van der Waals surface area (Å²) < 4.78 is 30.1. The van der Waals surface area contributed by atoms with Crippen molar-refractivity contribution < 1.29 is 13.6 Å². The standard InChI is InChI=1S/C19H27B6ClF2N4O/c1-10-7-29-15(30-8-10)18(22,23)31-19(24,25)16(28)4-5-32(17(20,21)9-16)14(33)11-2-3-13(27)12(26)6-11/h2-3,6-8,31H,4-5,9,20-25H2,1H3. The van der Waals surface area contributed by atoms with Crippen LogP contribution in [0.15, 0.2) is 30.6 Å². The Labute approximate surface area is 204 Å². The number of carbonyl (C=O) groups excluding carboxylic acids is 1. The van der Waals surface area contributed by atoms with Gasteiger partial charge in [-0.3, -0.25) is 4.79 Å². The number of aromatic nitrogens is 2. The SMILES string of the molecule is BC(B)(NC(B)(B)C1(F)CCN(C(=O)c2ccc(F)c(Cl)c2)C(B)(B)C1)c1ncc(C)cn1. The Morgan fingerprint density at radius 3 is 2.36 bits per heavy atom. The molecule has 1 unspecified atom stereocenters. The first-order valence-corrected chi connectivity index (χ1v) is 11.5. The number of nitrogens with zero attached hydrogens (tertiary/aromatic N) is 3. The lowest BCUT2D eigenvalue weighted by molar-refractivity contribution is 0.00897. The zero-order valence-corrected chi connectivity index (χ0v) is 21.1. The van der Waals surface area contributed by atoms with Crippen molar-refractivity contribution in [2.24, 2.45) is 0 Å². The second kappa shape index (κ2) is 8.80. The molecular formula is C19H27B6ClF2N4O. The number of carbonyl (C=O) groups is 1. The molecule has 168 valence electrons. The van der Waals surface area contributed by atoms with Crippen LogP contribution in [0.3, 0.4) is 0 Å². The monoisotopic (exact) mass is 466 g/mol. The van der Waals surface area contributed by atoms with Crippen molar-refractivity contribution in [3.05, 3.63) is 58.4 Å². The van der Waals surface area contributed by atoms with E-state index in [0.717, 1.165) is 5.56 Å². The molecule has 1 aromatic heterocycles. The molecule has 1 aliphatic heterocycles. The van der Waals surface area contributed by atoms with Crippen LogP contribution in [0.1, 0.15) is 34.6 Å². The Morgan fingerprint density at radius 2 is 1.82 bits per heavy atom. The van der Waals surface area contributed by atoms with E-state index < -0.39 is 27.5 Å². The van der Waals surface area contributed by atoms with Crippen molar-refractivity contribution in [3.63, 3.8) is 0 Å². The largest absolute Gasteiger partial charge is 0.349 e. The summed E-state index contributed by atoms with van der Waals surface area (Å²) in [6.07, 6.45) is 3.78. The first-order chi connectivity index (χ1) is 15.1. The van der Waals surface area contributed by atoms with Crippen LogP contribution in [0.25, 0.3) is 0 Å². The van der Waals surface area contributed by atoms with Gasteiger partial charge in [0, 0.05) is 29.8 Å². The maximum absolute atomic E-state index is 16.6. The average molecular weight is 466 g/mol. The highest BCUT2D eigenvalue weighted by Gasteiger charge is 2.54. The molecule has 1 aliphatic rings. The first kappa shape index (κ1) is 25.9. The van der Waals surface area contributed by atoms with Gasteiger partial charge in [0.15, 0.2) is 0 Å². The molecule has 5 nitrogen and oxygen atoms in total. The summed E-state index contributed by atoms with van der Waals surface area (Å²) in [5.74, 6) is -0.283. The third-order valence-corrected chi connectivity index (χ3v) is 6.96. The van der Waals surface area contributed by atoms with Gasteiger partial charge in [-0.25, -0.2) is 18.7 Å². The van der Waals surface area contributed by atoms with Gasteiger partial charge in [0.25, 0.3) is 5.91 Å². The van der Waals surface area contributed by atoms with Gasteiger partial charge in [-0.15, -0.1) is 0 Å². The fraction of sp³-hybridized carbons (Fsp3) is 0.421. The molecule has 1 amide bonds. The molecule has 1 N–H and O–H groups in total. The molecule has 14 heteroatoms. The van der Waals surface area contributed by atoms with Gasteiger partial charge in [-0.2, -0.15) is 0 Å². The van der Waals surface area contributed by atoms with Crippen LogP contribution < -0.4 is 5.32 Å². The minimum Gasteiger partial charge on any atom is -0.349 e. The quantitative estimate of drug-likeness (QED) is 0.479. The molecule has 0 bridgehead atoms. The van der Waals surface area contributed by atoms with Crippen LogP contribution in [0.5, 0.6) is 0 Å². The van der Waals surface area contributed by atoms with Gasteiger partial charge < -0.3 is 10.2 Å². The van der Waals surface area contributed by atoms with E-state index in [2.05, 4.69) is 15.3 Å². The van der Waals surface area contributed by atoms with Crippen molar-refractivity contribution in [1.29, 1.82) is 0 Å². The predicted molar refractivity (Wildman–Crippen MR) is 144 cm³/mol. The molecule has 1 atom stereocenters. The lowest BCUT2D eigenvalue weighted by atomic mass is 9.43. The number of rotatable bonds is 5. The summed E-state index contributed by atoms with van der Waals surface area (Å²) in [6.45, 7) is 2.14. The molecule has 0 aliphatic carbocycles. The maximum atomic E-state index is 16.6. The van der Waals surface area contributed by atoms with Crippen LogP contribution in [0.4, 0.5) is 8.78 Å². The second-order valence-corrected chi connectivity index (χ2v) is 11.2. The van der Waals surface area contributed by atoms with Crippen molar-refractivity contribution in [3.8, 4) is 0 Å². The summed E-state index contributed by atoms with van der Waals surface area (Å²) in [6, 6.07) is 3.91. The van der Waals surface area contributed by atoms with Crippen LogP contribution in [-0.2, 0) is 5.34 Å². The molecule has 2 aromatic rings. The number of aryl methyl sites for hydroxylation is 1. The van der Waals surface area contributed by atoms with Crippen molar-refractivity contribution in [2.75, 3.05) is 6.54 Å². The summed E-state index contributed by atoms with van der Waals surface area (Å²) in [7, 11) is 11.3. The van der Waals surface area contributed by atoms with E-state index in [1.807, 2.05) is 54.0 Å². The number of alkyl halides is 1. The van der Waals surface area contributed by atoms with E-state index in [0.29, 0.717) is 5.82 Å². The highest BCUT2D eigenvalue weighted by atomic mass is 35.5. The third-order valence-electron chi connectivity index (χ3n) is 6.67. The number of hydrogen-bond donors (Lipinski definition) is 1. The minimum atomic E-state index is -1.60. The Morgan fingerprint density at radius 1 is 1.21 bits per heavy atom. The molecule has 3 rings (SSSR count). The highest BCUT2D eigenvalue weighted by Crippen LogP contribution is 2.41. The van der Waals surface area contributed by atoms with E-state index in [1.165, 1.54) is 18.2 Å². The number of amides is 1. The zero-order chi connectivity index (χ0) is 24.8. The average Bonchev–Trinajstić information content (AvgIpc) is 2.68. The number of nitrogens with one attached hydrogen (secondary N) is 1. The third kappa shape index (κ3) is 5.19. The Kier molecular flexibility index (Phi) is 6.91. The van der Waals surface area contributed by atoms with E-state index in [4.69, 9.17) is 11.6 Å². The molecule has 0 spiro atoms. The number of halogens is 3. The van der Waals surface area contributed by atoms with E-state index >= 15 is 4.39 Å². The molecule has 33 heavy (non-hydrogen) atoms. The lowest BCUT2D eigenvalue weighted by Crippen LogP contribution is -2.73. The zero-order valence-electron chi connectivity index (χ0n) is 20.4. The van der Waals surface area contributed by atoms with E-state index in [9.17, 15) is 9.18 Å². The van der Waals surface area contributed by atoms with Crippen LogP contribution in [0, 0.1) is 12.7 Å². The highest BCUT2D eigenvalue weighted by molar-refractivity contribution is 6.45. The predicted octanol–water partition coefficient (Wildman–Crippen LogP) is -2.97. The van der Waals surface area contributed by atoms with Crippen molar-refractivity contribution >= 4 is 64.6 Å². The lowest BCUT2D eigenvalue weighted by Gasteiger charge is -2.55. The second-order valence-electron chi connectivity index (χ2n) is 10.7. The van der Waals surface area contributed by atoms with Crippen LogP contribution >= 0.6 is 11.6 Å². The van der Waals surface area contributed by atoms with Gasteiger partial charge >= 0.3 is 0 Å². The topological polar surface area (TPSA) is 58.1 Å². The van der Waals surface area contributed by atoms with Crippen molar-refractivity contribution in [2.45, 2.75) is 41.4 Å². The smallest absolute Gasteiger partial charge is 0.253 e. The number of likely N-dealkylation sites (tertiary alicyclic amines) is 1. The molecule has 2 heterocycles. The van der Waals surface area contributed by atoms with Gasteiger partial charge in [-0.1, -0.05) is 11.6 Å². The van der Waals surface area contributed by atoms with Crippen LogP contribution in [-0.4, -0.2) is 90.7 Å². The maximum Gasteiger partial charge on any atom is 0.253 e. The normalized spacial score (nSPS) is 21.0. The molecule has 1 aromatic carbocycles. The number of hydrogen-bond acceptors (Lipinski definition) is 4. The minimum absolute atomic E-state index is 0.110. The summed E-state index contributed by atoms with van der Waals surface area (Å²) in [5, 5.41) is 0.961. The van der Waals surface area contributed by atoms with Crippen LogP contribution in [0.2, 0.25) is 5.02 Å². The van der Waals surface area contributed by atoms with E-state index in [1.54, 1.807) is 17.3 Å². The molecular weight excluding hydrogens is 439 g/mol. The fourth-order valence-electron chi connectivity index (χ4n) is 4.82. The molecule has 1 saturated heterocycles. The van der Waals surface area contributed by atoms with Crippen molar-refractivity contribution in [1.82, 2.24) is 20.2 Å². The summed E-state index contributed by atoms with van der Waals surface area (Å²) in [4.78, 5) is 23.7. The Hall–Kier alpha value is -1.73. The van der Waals surface area contributed by atoms with Gasteiger partial charge in [-0.05, 0) is 54.2 Å². The molecule has 1 fully saturated rings. The van der Waals surface area contributed by atoms with Gasteiger partial charge in [0.05, 0.1) is 5.02 Å². The molecule has 0 saturated carbocycles. The van der Waals surface area contributed by atoms with Gasteiger partial charge in [0.1, 0.15) is 64.4 Å². The molecule has 0 radical (unpaired) electrons. The number of piperidine rings is 1. The fourth-order valence-corrected chi connectivity index (χ4v) is 5.00. The first-order valence-electron chi connectivity index (χ1n) is 11.1. The number of benzene rings is 1.